The molecule has 0 saturated carbocycles. The highest BCUT2D eigenvalue weighted by atomic mass is 16.7. The normalized spacial score (nSPS) is 26.2. The molecule has 90 valence electrons. The lowest BCUT2D eigenvalue weighted by atomic mass is 9.94. The summed E-state index contributed by atoms with van der Waals surface area (Å²) in [4.78, 5) is 12.0. The minimum absolute atomic E-state index is 0.167. The number of carbonyl (C=O) groups is 1. The minimum Gasteiger partial charge on any atom is -0.430 e. The van der Waals surface area contributed by atoms with E-state index < -0.39 is 5.79 Å². The van der Waals surface area contributed by atoms with Gasteiger partial charge in [-0.3, -0.25) is 0 Å². The van der Waals surface area contributed by atoms with Crippen LogP contribution in [0.1, 0.15) is 52.4 Å². The lowest BCUT2D eigenvalue weighted by molar-refractivity contribution is -0.205. The monoisotopic (exact) mass is 224 g/mol. The fraction of sp³-hybridized carbons (Fsp3) is 0.769. The van der Waals surface area contributed by atoms with E-state index in [-0.39, 0.29) is 5.97 Å². The Morgan fingerprint density at radius 1 is 1.06 bits per heavy atom. The Balaban J connectivity index is 2.21. The summed E-state index contributed by atoms with van der Waals surface area (Å²) in [6, 6.07) is 0. The zero-order valence-corrected chi connectivity index (χ0v) is 10.2. The predicted molar refractivity (Wildman–Crippen MR) is 60.9 cm³/mol. The average Bonchev–Trinajstić information content (AvgIpc) is 2.23. The smallest absolute Gasteiger partial charge is 0.336 e. The van der Waals surface area contributed by atoms with Gasteiger partial charge in [-0.05, 0) is 31.3 Å². The van der Waals surface area contributed by atoms with E-state index >= 15 is 0 Å². The lowest BCUT2D eigenvalue weighted by Gasteiger charge is -2.22. The average molecular weight is 224 g/mol. The summed E-state index contributed by atoms with van der Waals surface area (Å²) in [7, 11) is 0. The van der Waals surface area contributed by atoms with E-state index in [2.05, 4.69) is 0 Å². The Hall–Kier alpha value is -0.830. The third-order valence-corrected chi connectivity index (χ3v) is 3.26. The van der Waals surface area contributed by atoms with Crippen LogP contribution in [-0.2, 0) is 14.3 Å². The number of carbonyl (C=O) groups excluding carboxylic acids is 1. The first-order valence-corrected chi connectivity index (χ1v) is 6.17. The van der Waals surface area contributed by atoms with Crippen LogP contribution in [-0.4, -0.2) is 18.4 Å². The van der Waals surface area contributed by atoms with Crippen LogP contribution in [0.3, 0.4) is 0 Å². The summed E-state index contributed by atoms with van der Waals surface area (Å²) in [6.45, 7) is 4.14. The van der Waals surface area contributed by atoms with Crippen molar-refractivity contribution in [1.29, 1.82) is 0 Å². The van der Waals surface area contributed by atoms with Crippen molar-refractivity contribution in [2.75, 3.05) is 6.61 Å². The van der Waals surface area contributed by atoms with Gasteiger partial charge in [-0.1, -0.05) is 12.8 Å². The Morgan fingerprint density at radius 2 is 1.75 bits per heavy atom. The van der Waals surface area contributed by atoms with Gasteiger partial charge in [-0.2, -0.15) is 0 Å². The van der Waals surface area contributed by atoms with Gasteiger partial charge >= 0.3 is 5.97 Å². The molecular weight excluding hydrogens is 204 g/mol. The number of hydrogen-bond acceptors (Lipinski definition) is 3. The third-order valence-electron chi connectivity index (χ3n) is 3.26. The first-order valence-electron chi connectivity index (χ1n) is 6.17. The van der Waals surface area contributed by atoms with Crippen LogP contribution in [0.15, 0.2) is 11.1 Å². The molecule has 1 aliphatic carbocycles. The van der Waals surface area contributed by atoms with E-state index in [1.54, 1.807) is 13.8 Å². The number of cyclic esters (lactones) is 1. The molecule has 0 radical (unpaired) electrons. The van der Waals surface area contributed by atoms with E-state index in [4.69, 9.17) is 9.47 Å². The van der Waals surface area contributed by atoms with Gasteiger partial charge in [0.25, 0.3) is 0 Å². The maximum Gasteiger partial charge on any atom is 0.336 e. The SMILES string of the molecule is CC1(C)OCC2=C(CCCCCC2)C(=O)O1. The second-order valence-electron chi connectivity index (χ2n) is 5.07. The van der Waals surface area contributed by atoms with E-state index in [0.717, 1.165) is 36.8 Å². The summed E-state index contributed by atoms with van der Waals surface area (Å²) in [5.74, 6) is -0.947. The van der Waals surface area contributed by atoms with Crippen LogP contribution >= 0.6 is 0 Å². The molecule has 1 heterocycles. The van der Waals surface area contributed by atoms with Gasteiger partial charge in [0.15, 0.2) is 0 Å². The number of esters is 1. The zero-order chi connectivity index (χ0) is 11.6. The zero-order valence-electron chi connectivity index (χ0n) is 10.2. The molecule has 0 unspecified atom stereocenters. The van der Waals surface area contributed by atoms with Crippen molar-refractivity contribution in [3.63, 3.8) is 0 Å². The van der Waals surface area contributed by atoms with Gasteiger partial charge in [-0.15, -0.1) is 0 Å². The van der Waals surface area contributed by atoms with E-state index in [9.17, 15) is 4.79 Å². The van der Waals surface area contributed by atoms with Gasteiger partial charge in [0, 0.05) is 19.4 Å². The van der Waals surface area contributed by atoms with Crippen LogP contribution in [0.5, 0.6) is 0 Å². The fourth-order valence-corrected chi connectivity index (χ4v) is 2.30. The van der Waals surface area contributed by atoms with Crippen molar-refractivity contribution < 1.29 is 14.3 Å². The molecule has 0 aromatic rings. The molecule has 0 bridgehead atoms. The summed E-state index contributed by atoms with van der Waals surface area (Å²) >= 11 is 0. The first-order chi connectivity index (χ1) is 7.58. The molecule has 0 amide bonds. The highest BCUT2D eigenvalue weighted by Gasteiger charge is 2.31. The highest BCUT2D eigenvalue weighted by Crippen LogP contribution is 2.29. The summed E-state index contributed by atoms with van der Waals surface area (Å²) < 4.78 is 11.0. The quantitative estimate of drug-likeness (QED) is 0.593. The van der Waals surface area contributed by atoms with Crippen LogP contribution in [0.2, 0.25) is 0 Å². The van der Waals surface area contributed by atoms with Crippen molar-refractivity contribution in [3.8, 4) is 0 Å². The summed E-state index contributed by atoms with van der Waals surface area (Å²) in [5.41, 5.74) is 2.04. The molecule has 2 rings (SSSR count). The van der Waals surface area contributed by atoms with E-state index in [1.165, 1.54) is 12.8 Å². The Labute approximate surface area is 96.8 Å². The molecule has 0 aromatic carbocycles. The molecule has 0 atom stereocenters. The van der Waals surface area contributed by atoms with Crippen molar-refractivity contribution >= 4 is 5.97 Å². The third kappa shape index (κ3) is 2.64. The molecule has 2 aliphatic rings. The number of hydrogen-bond donors (Lipinski definition) is 0. The lowest BCUT2D eigenvalue weighted by Crippen LogP contribution is -2.30. The van der Waals surface area contributed by atoms with Crippen molar-refractivity contribution in [1.82, 2.24) is 0 Å². The second kappa shape index (κ2) is 4.58. The fourth-order valence-electron chi connectivity index (χ4n) is 2.30. The molecule has 3 nitrogen and oxygen atoms in total. The molecule has 1 aliphatic heterocycles. The van der Waals surface area contributed by atoms with E-state index in [1.807, 2.05) is 0 Å². The maximum atomic E-state index is 12.0. The van der Waals surface area contributed by atoms with Gasteiger partial charge in [0.05, 0.1) is 6.61 Å². The van der Waals surface area contributed by atoms with Crippen LogP contribution in [0.4, 0.5) is 0 Å². The highest BCUT2D eigenvalue weighted by molar-refractivity contribution is 5.89. The van der Waals surface area contributed by atoms with Crippen LogP contribution in [0.25, 0.3) is 0 Å². The Kier molecular flexibility index (Phi) is 3.33. The van der Waals surface area contributed by atoms with Gasteiger partial charge in [0.2, 0.25) is 5.79 Å². The van der Waals surface area contributed by atoms with Crippen molar-refractivity contribution in [2.24, 2.45) is 0 Å². The largest absolute Gasteiger partial charge is 0.430 e. The topological polar surface area (TPSA) is 35.5 Å². The number of rotatable bonds is 0. The van der Waals surface area contributed by atoms with Gasteiger partial charge in [-0.25, -0.2) is 4.79 Å². The van der Waals surface area contributed by atoms with Crippen LogP contribution in [0, 0.1) is 0 Å². The standard InChI is InChI=1S/C13H20O3/c1-13(2)15-9-10-7-5-3-4-6-8-11(10)12(14)16-13/h3-9H2,1-2H3. The van der Waals surface area contributed by atoms with Crippen molar-refractivity contribution in [2.45, 2.75) is 58.2 Å². The Morgan fingerprint density at radius 3 is 2.50 bits per heavy atom. The molecule has 0 saturated heterocycles. The molecule has 0 fully saturated rings. The molecule has 3 heteroatoms. The molecule has 0 aromatic heterocycles. The van der Waals surface area contributed by atoms with Gasteiger partial charge < -0.3 is 9.47 Å². The summed E-state index contributed by atoms with van der Waals surface area (Å²) in [5, 5.41) is 0. The first kappa shape index (κ1) is 11.6. The minimum atomic E-state index is -0.780. The Bertz CT molecular complexity index is 315. The molecule has 0 N–H and O–H groups in total. The van der Waals surface area contributed by atoms with E-state index in [0.29, 0.717) is 6.61 Å². The van der Waals surface area contributed by atoms with Crippen molar-refractivity contribution in [3.05, 3.63) is 11.1 Å². The van der Waals surface area contributed by atoms with Crippen LogP contribution < -0.4 is 0 Å². The van der Waals surface area contributed by atoms with Gasteiger partial charge in [0.1, 0.15) is 0 Å². The predicted octanol–water partition coefficient (Wildman–Crippen LogP) is 2.95. The second-order valence-corrected chi connectivity index (χ2v) is 5.07. The molecular formula is C13H20O3. The maximum absolute atomic E-state index is 12.0. The molecule has 0 spiro atoms. The number of ether oxygens (including phenoxy) is 2. The molecule has 16 heavy (non-hydrogen) atoms. The summed E-state index contributed by atoms with van der Waals surface area (Å²) in [6.07, 6.45) is 6.57.